The van der Waals surface area contributed by atoms with E-state index in [0.717, 1.165) is 0 Å². The van der Waals surface area contributed by atoms with E-state index < -0.39 is 11.9 Å². The van der Waals surface area contributed by atoms with E-state index in [2.05, 4.69) is 14.8 Å². The molecule has 14 heavy (non-hydrogen) atoms. The Balaban J connectivity index is 2.97. The van der Waals surface area contributed by atoms with Gasteiger partial charge in [0.25, 0.3) is 0 Å². The van der Waals surface area contributed by atoms with Crippen LogP contribution < -0.4 is 5.32 Å². The van der Waals surface area contributed by atoms with Gasteiger partial charge in [-0.2, -0.15) is 0 Å². The molecule has 0 aliphatic carbocycles. The average molecular weight is 197 g/mol. The molecule has 0 bridgehead atoms. The van der Waals surface area contributed by atoms with E-state index in [0.29, 0.717) is 6.42 Å². The maximum Gasteiger partial charge on any atom is 0.355 e. The second kappa shape index (κ2) is 4.45. The second-order valence-corrected chi connectivity index (χ2v) is 2.59. The van der Waals surface area contributed by atoms with Gasteiger partial charge in [0, 0.05) is 6.42 Å². The lowest BCUT2D eigenvalue weighted by Crippen LogP contribution is -2.25. The highest BCUT2D eigenvalue weighted by molar-refractivity contribution is 6.00. The molecule has 1 heterocycles. The van der Waals surface area contributed by atoms with Gasteiger partial charge in [-0.05, 0) is 6.20 Å². The molecular weight excluding hydrogens is 186 g/mol. The van der Waals surface area contributed by atoms with Crippen molar-refractivity contribution in [2.45, 2.75) is 6.42 Å². The number of allylic oxidation sites excluding steroid dienone is 1. The summed E-state index contributed by atoms with van der Waals surface area (Å²) in [6.07, 6.45) is 3.67. The van der Waals surface area contributed by atoms with Crippen molar-refractivity contribution in [1.82, 2.24) is 5.32 Å². The predicted molar refractivity (Wildman–Crippen MR) is 48.0 cm³/mol. The van der Waals surface area contributed by atoms with Gasteiger partial charge in [-0.25, -0.2) is 9.59 Å². The van der Waals surface area contributed by atoms with Crippen molar-refractivity contribution in [2.75, 3.05) is 14.2 Å². The number of methoxy groups -OCH3 is 2. The highest BCUT2D eigenvalue weighted by Crippen LogP contribution is 2.14. The van der Waals surface area contributed by atoms with Crippen molar-refractivity contribution < 1.29 is 19.1 Å². The van der Waals surface area contributed by atoms with Crippen LogP contribution in [0.4, 0.5) is 0 Å². The van der Waals surface area contributed by atoms with Crippen LogP contribution in [0.3, 0.4) is 0 Å². The largest absolute Gasteiger partial charge is 0.466 e. The van der Waals surface area contributed by atoms with Gasteiger partial charge in [0.05, 0.1) is 19.8 Å². The molecule has 0 saturated carbocycles. The summed E-state index contributed by atoms with van der Waals surface area (Å²) >= 11 is 0. The normalized spacial score (nSPS) is 14.7. The maximum atomic E-state index is 11.2. The molecular formula is C9H11NO4. The van der Waals surface area contributed by atoms with Crippen molar-refractivity contribution in [3.63, 3.8) is 0 Å². The SMILES string of the molecule is COC(=O)C1=C(C(=O)OC)NC=CC1. The lowest BCUT2D eigenvalue weighted by Gasteiger charge is -2.14. The lowest BCUT2D eigenvalue weighted by molar-refractivity contribution is -0.139. The summed E-state index contributed by atoms with van der Waals surface area (Å²) in [7, 11) is 2.52. The van der Waals surface area contributed by atoms with Crippen molar-refractivity contribution in [3.8, 4) is 0 Å². The van der Waals surface area contributed by atoms with Gasteiger partial charge in [0.1, 0.15) is 5.70 Å². The third-order valence-corrected chi connectivity index (χ3v) is 1.79. The Morgan fingerprint density at radius 3 is 2.50 bits per heavy atom. The zero-order valence-corrected chi connectivity index (χ0v) is 7.99. The topological polar surface area (TPSA) is 64.6 Å². The summed E-state index contributed by atoms with van der Waals surface area (Å²) in [4.78, 5) is 22.4. The predicted octanol–water partition coefficient (Wildman–Crippen LogP) is 0.0935. The molecule has 1 aliphatic rings. The molecule has 0 radical (unpaired) electrons. The van der Waals surface area contributed by atoms with Crippen LogP contribution in [0.25, 0.3) is 0 Å². The standard InChI is InChI=1S/C9H11NO4/c1-13-8(11)6-4-3-5-10-7(6)9(12)14-2/h3,5,10H,4H2,1-2H3. The van der Waals surface area contributed by atoms with Gasteiger partial charge in [0.2, 0.25) is 0 Å². The lowest BCUT2D eigenvalue weighted by atomic mass is 10.1. The van der Waals surface area contributed by atoms with Gasteiger partial charge >= 0.3 is 11.9 Å². The molecule has 5 heteroatoms. The number of ether oxygens (including phenoxy) is 2. The highest BCUT2D eigenvalue weighted by atomic mass is 16.5. The molecule has 76 valence electrons. The molecule has 0 aromatic heterocycles. The second-order valence-electron chi connectivity index (χ2n) is 2.59. The Kier molecular flexibility index (Phi) is 3.28. The molecule has 0 aromatic carbocycles. The number of hydrogen-bond acceptors (Lipinski definition) is 5. The van der Waals surface area contributed by atoms with Crippen molar-refractivity contribution >= 4 is 11.9 Å². The molecule has 0 atom stereocenters. The number of rotatable bonds is 2. The Morgan fingerprint density at radius 2 is 1.93 bits per heavy atom. The molecule has 0 aromatic rings. The Labute approximate surface area is 81.4 Å². The first-order chi connectivity index (χ1) is 6.70. The number of carbonyl (C=O) groups excluding carboxylic acids is 2. The summed E-state index contributed by atoms with van der Waals surface area (Å²) in [5, 5.41) is 2.66. The molecule has 1 rings (SSSR count). The summed E-state index contributed by atoms with van der Waals surface area (Å²) in [6, 6.07) is 0. The van der Waals surface area contributed by atoms with Crippen molar-refractivity contribution in [1.29, 1.82) is 0 Å². The van der Waals surface area contributed by atoms with Gasteiger partial charge in [-0.15, -0.1) is 0 Å². The monoisotopic (exact) mass is 197 g/mol. The number of dihydropyridines is 1. The first-order valence-corrected chi connectivity index (χ1v) is 4.02. The van der Waals surface area contributed by atoms with Crippen LogP contribution in [0.5, 0.6) is 0 Å². The first kappa shape index (κ1) is 10.3. The molecule has 0 unspecified atom stereocenters. The first-order valence-electron chi connectivity index (χ1n) is 4.02. The zero-order chi connectivity index (χ0) is 10.6. The fourth-order valence-corrected chi connectivity index (χ4v) is 1.10. The van der Waals surface area contributed by atoms with Crippen LogP contribution in [0.1, 0.15) is 6.42 Å². The van der Waals surface area contributed by atoms with Crippen LogP contribution in [0.2, 0.25) is 0 Å². The minimum absolute atomic E-state index is 0.141. The Bertz CT molecular complexity index is 287. The molecule has 1 aliphatic heterocycles. The maximum absolute atomic E-state index is 11.2. The van der Waals surface area contributed by atoms with E-state index >= 15 is 0 Å². The number of carbonyl (C=O) groups is 2. The van der Waals surface area contributed by atoms with E-state index in [4.69, 9.17) is 0 Å². The number of esters is 2. The summed E-state index contributed by atoms with van der Waals surface area (Å²) in [5.74, 6) is -1.10. The molecule has 0 saturated heterocycles. The molecule has 0 fully saturated rings. The third kappa shape index (κ3) is 1.93. The molecule has 1 N–H and O–H groups in total. The average Bonchev–Trinajstić information content (AvgIpc) is 2.27. The van der Waals surface area contributed by atoms with Crippen LogP contribution in [0.15, 0.2) is 23.5 Å². The van der Waals surface area contributed by atoms with Crippen LogP contribution >= 0.6 is 0 Å². The van der Waals surface area contributed by atoms with Crippen LogP contribution in [0, 0.1) is 0 Å². The summed E-state index contributed by atoms with van der Waals surface area (Å²) in [5.41, 5.74) is 0.420. The van der Waals surface area contributed by atoms with E-state index in [-0.39, 0.29) is 11.3 Å². The van der Waals surface area contributed by atoms with Crippen LogP contribution in [-0.4, -0.2) is 26.2 Å². The number of nitrogens with one attached hydrogen (secondary N) is 1. The molecule has 5 nitrogen and oxygen atoms in total. The highest BCUT2D eigenvalue weighted by Gasteiger charge is 2.22. The zero-order valence-electron chi connectivity index (χ0n) is 7.99. The minimum Gasteiger partial charge on any atom is -0.466 e. The van der Waals surface area contributed by atoms with Crippen molar-refractivity contribution in [2.24, 2.45) is 0 Å². The van der Waals surface area contributed by atoms with Gasteiger partial charge in [0.15, 0.2) is 0 Å². The Morgan fingerprint density at radius 1 is 1.29 bits per heavy atom. The number of hydrogen-bond donors (Lipinski definition) is 1. The minimum atomic E-state index is -0.574. The van der Waals surface area contributed by atoms with Gasteiger partial charge < -0.3 is 14.8 Å². The molecule has 0 spiro atoms. The molecule has 0 amide bonds. The Hall–Kier alpha value is -1.78. The van der Waals surface area contributed by atoms with Crippen LogP contribution in [-0.2, 0) is 19.1 Å². The summed E-state index contributed by atoms with van der Waals surface area (Å²) < 4.78 is 9.05. The van der Waals surface area contributed by atoms with E-state index in [1.165, 1.54) is 14.2 Å². The van der Waals surface area contributed by atoms with E-state index in [1.54, 1.807) is 12.3 Å². The fraction of sp³-hybridized carbons (Fsp3) is 0.333. The van der Waals surface area contributed by atoms with Gasteiger partial charge in [-0.3, -0.25) is 0 Å². The van der Waals surface area contributed by atoms with Gasteiger partial charge in [-0.1, -0.05) is 6.08 Å². The van der Waals surface area contributed by atoms with E-state index in [1.807, 2.05) is 0 Å². The fourth-order valence-electron chi connectivity index (χ4n) is 1.10. The summed E-state index contributed by atoms with van der Waals surface area (Å²) in [6.45, 7) is 0. The quantitative estimate of drug-likeness (QED) is 0.636. The smallest absolute Gasteiger partial charge is 0.355 e. The van der Waals surface area contributed by atoms with Crippen molar-refractivity contribution in [3.05, 3.63) is 23.5 Å². The third-order valence-electron chi connectivity index (χ3n) is 1.79. The van der Waals surface area contributed by atoms with E-state index in [9.17, 15) is 9.59 Å².